The third-order valence-corrected chi connectivity index (χ3v) is 5.39. The van der Waals surface area contributed by atoms with Crippen molar-refractivity contribution in [1.82, 2.24) is 0 Å². The van der Waals surface area contributed by atoms with Crippen molar-refractivity contribution in [3.63, 3.8) is 0 Å². The van der Waals surface area contributed by atoms with Gasteiger partial charge in [0.1, 0.15) is 0 Å². The van der Waals surface area contributed by atoms with Crippen LogP contribution in [0.3, 0.4) is 0 Å². The van der Waals surface area contributed by atoms with Crippen molar-refractivity contribution in [2.24, 2.45) is 0 Å². The highest BCUT2D eigenvalue weighted by atomic mass is 32.2. The lowest BCUT2D eigenvalue weighted by molar-refractivity contribution is 0.0994. The predicted molar refractivity (Wildman–Crippen MR) is 101 cm³/mol. The zero-order valence-electron chi connectivity index (χ0n) is 13.9. The van der Waals surface area contributed by atoms with Crippen LogP contribution in [0, 0.1) is 6.92 Å². The first-order valence-electron chi connectivity index (χ1n) is 7.54. The van der Waals surface area contributed by atoms with E-state index >= 15 is 0 Å². The van der Waals surface area contributed by atoms with E-state index in [1.165, 1.54) is 11.1 Å². The highest BCUT2D eigenvalue weighted by Crippen LogP contribution is 2.23. The zero-order valence-corrected chi connectivity index (χ0v) is 15.6. The average molecular weight is 364 g/mol. The Bertz CT molecular complexity index is 814. The standard InChI is InChI=1S/C18H21NO3S2/c1-13-6-4-5-7-16(13)12-23-14(2)18(20)15-8-10-17(11-9-15)19-24(3,21)22/h4-11,14,19H,12H2,1-3H3/t14-/m0/s1. The number of hydrogen-bond donors (Lipinski definition) is 1. The zero-order chi connectivity index (χ0) is 17.7. The number of rotatable bonds is 7. The molecule has 0 saturated heterocycles. The number of nitrogens with one attached hydrogen (secondary N) is 1. The molecule has 0 bridgehead atoms. The number of carbonyl (C=O) groups excluding carboxylic acids is 1. The minimum absolute atomic E-state index is 0.0412. The smallest absolute Gasteiger partial charge is 0.229 e. The topological polar surface area (TPSA) is 63.2 Å². The van der Waals surface area contributed by atoms with Gasteiger partial charge < -0.3 is 0 Å². The van der Waals surface area contributed by atoms with E-state index in [-0.39, 0.29) is 11.0 Å². The maximum absolute atomic E-state index is 12.5. The van der Waals surface area contributed by atoms with Crippen LogP contribution < -0.4 is 4.72 Å². The third-order valence-electron chi connectivity index (χ3n) is 3.59. The lowest BCUT2D eigenvalue weighted by atomic mass is 10.1. The quantitative estimate of drug-likeness (QED) is 0.759. The predicted octanol–water partition coefficient (Wildman–Crippen LogP) is 3.87. The average Bonchev–Trinajstić information content (AvgIpc) is 2.52. The molecule has 2 aromatic rings. The van der Waals surface area contributed by atoms with Crippen LogP contribution in [0.25, 0.3) is 0 Å². The molecule has 0 aromatic heterocycles. The van der Waals surface area contributed by atoms with Crippen LogP contribution in [0.2, 0.25) is 0 Å². The second-order valence-corrected chi connectivity index (χ2v) is 8.77. The van der Waals surface area contributed by atoms with Crippen LogP contribution in [-0.4, -0.2) is 25.7 Å². The molecular weight excluding hydrogens is 342 g/mol. The summed E-state index contributed by atoms with van der Waals surface area (Å²) in [6.07, 6.45) is 1.09. The van der Waals surface area contributed by atoms with E-state index < -0.39 is 10.0 Å². The summed E-state index contributed by atoms with van der Waals surface area (Å²) in [5.41, 5.74) is 3.49. The lowest BCUT2D eigenvalue weighted by Crippen LogP contribution is -2.14. The Kier molecular flexibility index (Phi) is 6.07. The van der Waals surface area contributed by atoms with Gasteiger partial charge in [0.05, 0.1) is 11.5 Å². The minimum atomic E-state index is -3.31. The number of benzene rings is 2. The number of carbonyl (C=O) groups is 1. The Balaban J connectivity index is 1.99. The molecular formula is C18H21NO3S2. The molecule has 0 radical (unpaired) electrons. The highest BCUT2D eigenvalue weighted by Gasteiger charge is 2.16. The van der Waals surface area contributed by atoms with E-state index in [1.807, 2.05) is 19.1 Å². The summed E-state index contributed by atoms with van der Waals surface area (Å²) >= 11 is 1.60. The van der Waals surface area contributed by atoms with E-state index in [0.29, 0.717) is 11.3 Å². The molecule has 0 amide bonds. The van der Waals surface area contributed by atoms with E-state index in [1.54, 1.807) is 36.0 Å². The Morgan fingerprint density at radius 3 is 2.33 bits per heavy atom. The number of hydrogen-bond acceptors (Lipinski definition) is 4. The number of sulfonamides is 1. The van der Waals surface area contributed by atoms with Crippen molar-refractivity contribution < 1.29 is 13.2 Å². The summed E-state index contributed by atoms with van der Waals surface area (Å²) in [5, 5.41) is -0.168. The van der Waals surface area contributed by atoms with Crippen LogP contribution in [0.5, 0.6) is 0 Å². The molecule has 24 heavy (non-hydrogen) atoms. The Labute approximate surface area is 147 Å². The maximum atomic E-state index is 12.5. The molecule has 0 saturated carbocycles. The van der Waals surface area contributed by atoms with Crippen LogP contribution in [0.1, 0.15) is 28.4 Å². The summed E-state index contributed by atoms with van der Waals surface area (Å²) in [6.45, 7) is 3.96. The van der Waals surface area contributed by atoms with E-state index in [9.17, 15) is 13.2 Å². The molecule has 2 rings (SSSR count). The first-order chi connectivity index (χ1) is 11.3. The van der Waals surface area contributed by atoms with Gasteiger partial charge in [0.25, 0.3) is 0 Å². The second-order valence-electron chi connectivity index (χ2n) is 5.70. The fourth-order valence-electron chi connectivity index (χ4n) is 2.21. The van der Waals surface area contributed by atoms with Gasteiger partial charge in [-0.25, -0.2) is 8.42 Å². The van der Waals surface area contributed by atoms with Gasteiger partial charge in [0.2, 0.25) is 10.0 Å². The van der Waals surface area contributed by atoms with Crippen molar-refractivity contribution in [3.8, 4) is 0 Å². The normalized spacial score (nSPS) is 12.6. The number of thioether (sulfide) groups is 1. The van der Waals surface area contributed by atoms with Crippen LogP contribution in [-0.2, 0) is 15.8 Å². The molecule has 0 spiro atoms. The summed E-state index contributed by atoms with van der Waals surface area (Å²) < 4.78 is 24.8. The van der Waals surface area contributed by atoms with Crippen molar-refractivity contribution in [2.45, 2.75) is 24.9 Å². The Morgan fingerprint density at radius 1 is 1.12 bits per heavy atom. The minimum Gasteiger partial charge on any atom is -0.293 e. The largest absolute Gasteiger partial charge is 0.293 e. The van der Waals surface area contributed by atoms with Gasteiger partial charge in [-0.3, -0.25) is 9.52 Å². The van der Waals surface area contributed by atoms with Gasteiger partial charge in [-0.05, 0) is 49.2 Å². The van der Waals surface area contributed by atoms with Crippen LogP contribution >= 0.6 is 11.8 Å². The van der Waals surface area contributed by atoms with E-state index in [0.717, 1.165) is 12.0 Å². The maximum Gasteiger partial charge on any atom is 0.229 e. The Morgan fingerprint density at radius 2 is 1.75 bits per heavy atom. The summed E-state index contributed by atoms with van der Waals surface area (Å²) in [7, 11) is -3.31. The van der Waals surface area contributed by atoms with E-state index in [4.69, 9.17) is 0 Å². The molecule has 0 unspecified atom stereocenters. The first kappa shape index (κ1) is 18.5. The number of Topliss-reactive ketones (excluding diaryl/α,β-unsaturated/α-hetero) is 1. The molecule has 1 N–H and O–H groups in total. The fraction of sp³-hybridized carbons (Fsp3) is 0.278. The number of ketones is 1. The van der Waals surface area contributed by atoms with Crippen LogP contribution in [0.4, 0.5) is 5.69 Å². The fourth-order valence-corrected chi connectivity index (χ4v) is 3.82. The van der Waals surface area contributed by atoms with Gasteiger partial charge in [-0.15, -0.1) is 11.8 Å². The summed E-state index contributed by atoms with van der Waals surface area (Å²) in [6, 6.07) is 14.7. The van der Waals surface area contributed by atoms with Gasteiger partial charge in [0, 0.05) is 17.0 Å². The van der Waals surface area contributed by atoms with Gasteiger partial charge in [0.15, 0.2) is 5.78 Å². The summed E-state index contributed by atoms with van der Waals surface area (Å²) in [4.78, 5) is 12.5. The van der Waals surface area contributed by atoms with Crippen molar-refractivity contribution in [3.05, 3.63) is 65.2 Å². The number of anilines is 1. The molecule has 0 heterocycles. The number of aryl methyl sites for hydroxylation is 1. The molecule has 128 valence electrons. The molecule has 0 aliphatic heterocycles. The monoisotopic (exact) mass is 363 g/mol. The molecule has 0 fully saturated rings. The Hall–Kier alpha value is -1.79. The van der Waals surface area contributed by atoms with Gasteiger partial charge in [-0.2, -0.15) is 0 Å². The van der Waals surface area contributed by atoms with Crippen molar-refractivity contribution in [2.75, 3.05) is 11.0 Å². The van der Waals surface area contributed by atoms with E-state index in [2.05, 4.69) is 23.8 Å². The summed E-state index contributed by atoms with van der Waals surface area (Å²) in [5.74, 6) is 0.826. The molecule has 4 nitrogen and oxygen atoms in total. The molecule has 2 aromatic carbocycles. The third kappa shape index (κ3) is 5.39. The first-order valence-corrected chi connectivity index (χ1v) is 10.5. The molecule has 0 aliphatic rings. The highest BCUT2D eigenvalue weighted by molar-refractivity contribution is 7.99. The van der Waals surface area contributed by atoms with Crippen molar-refractivity contribution in [1.29, 1.82) is 0 Å². The molecule has 1 atom stereocenters. The van der Waals surface area contributed by atoms with Crippen LogP contribution in [0.15, 0.2) is 48.5 Å². The molecule has 0 aliphatic carbocycles. The lowest BCUT2D eigenvalue weighted by Gasteiger charge is -2.12. The van der Waals surface area contributed by atoms with Gasteiger partial charge in [-0.1, -0.05) is 24.3 Å². The molecule has 6 heteroatoms. The SMILES string of the molecule is Cc1ccccc1CS[C@@H](C)C(=O)c1ccc(NS(C)(=O)=O)cc1. The second kappa shape index (κ2) is 7.85. The van der Waals surface area contributed by atoms with Crippen molar-refractivity contribution >= 4 is 33.3 Å². The van der Waals surface area contributed by atoms with Gasteiger partial charge >= 0.3 is 0 Å².